The molecule has 6 nitrogen and oxygen atoms in total. The molecule has 0 radical (unpaired) electrons. The molecule has 0 spiro atoms. The van der Waals surface area contributed by atoms with Crippen LogP contribution >= 0.6 is 0 Å². The molecule has 3 unspecified atom stereocenters. The lowest BCUT2D eigenvalue weighted by molar-refractivity contribution is -0.242. The molecule has 2 aromatic rings. The van der Waals surface area contributed by atoms with E-state index in [1.165, 1.54) is 0 Å². The summed E-state index contributed by atoms with van der Waals surface area (Å²) in [7, 11) is 0. The lowest BCUT2D eigenvalue weighted by atomic mass is 9.89. The molecule has 0 aliphatic carbocycles. The Hall–Kier alpha value is -2.44. The minimum absolute atomic E-state index is 0.128. The van der Waals surface area contributed by atoms with Crippen molar-refractivity contribution in [1.29, 1.82) is 0 Å². The number of hydrogen-bond donors (Lipinski definition) is 2. The zero-order valence-corrected chi connectivity index (χ0v) is 16.6. The van der Waals surface area contributed by atoms with Crippen LogP contribution in [0.15, 0.2) is 48.8 Å². The first-order valence-electron chi connectivity index (χ1n) is 10.3. The summed E-state index contributed by atoms with van der Waals surface area (Å²) in [5, 5.41) is 19.1. The van der Waals surface area contributed by atoms with E-state index in [4.69, 9.17) is 14.6 Å². The number of carbonyl (C=O) groups is 1. The molecule has 156 valence electrons. The zero-order chi connectivity index (χ0) is 20.5. The average Bonchev–Trinajstić information content (AvgIpc) is 2.73. The van der Waals surface area contributed by atoms with Crippen molar-refractivity contribution in [3.63, 3.8) is 0 Å². The van der Waals surface area contributed by atoms with Crippen molar-refractivity contribution in [1.82, 2.24) is 4.98 Å². The molecule has 6 heteroatoms. The van der Waals surface area contributed by atoms with Crippen LogP contribution in [0.4, 0.5) is 0 Å². The number of phenols is 1. The van der Waals surface area contributed by atoms with E-state index in [1.807, 2.05) is 30.5 Å². The molecule has 1 aliphatic rings. The first-order chi connectivity index (χ1) is 14.1. The van der Waals surface area contributed by atoms with Gasteiger partial charge in [0.05, 0.1) is 12.7 Å². The number of phenolic OH excluding ortho intramolecular Hbond substituents is 1. The van der Waals surface area contributed by atoms with Crippen molar-refractivity contribution in [3.8, 4) is 5.75 Å². The number of hydrogen-bond acceptors (Lipinski definition) is 5. The van der Waals surface area contributed by atoms with Crippen molar-refractivity contribution < 1.29 is 24.5 Å². The normalized spacial score (nSPS) is 21.7. The van der Waals surface area contributed by atoms with Gasteiger partial charge in [-0.2, -0.15) is 0 Å². The van der Waals surface area contributed by atoms with Gasteiger partial charge in [0.15, 0.2) is 6.29 Å². The van der Waals surface area contributed by atoms with Gasteiger partial charge >= 0.3 is 5.97 Å². The SMILES string of the molecule is O=C(O)CCCCCC1COC(CCc2cccnc2)OC1c1ccccc1O. The summed E-state index contributed by atoms with van der Waals surface area (Å²) < 4.78 is 12.3. The van der Waals surface area contributed by atoms with Gasteiger partial charge in [-0.1, -0.05) is 37.1 Å². The van der Waals surface area contributed by atoms with Crippen LogP contribution in [0, 0.1) is 5.92 Å². The van der Waals surface area contributed by atoms with Crippen LogP contribution in [-0.2, 0) is 20.7 Å². The van der Waals surface area contributed by atoms with Gasteiger partial charge in [0.2, 0.25) is 0 Å². The van der Waals surface area contributed by atoms with Crippen LogP contribution < -0.4 is 0 Å². The van der Waals surface area contributed by atoms with Crippen LogP contribution in [-0.4, -0.2) is 34.1 Å². The summed E-state index contributed by atoms with van der Waals surface area (Å²) >= 11 is 0. The van der Waals surface area contributed by atoms with Crippen LogP contribution in [0.1, 0.15) is 55.8 Å². The Kier molecular flexibility index (Phi) is 8.02. The Balaban J connectivity index is 1.59. The maximum absolute atomic E-state index is 10.7. The second-order valence-electron chi connectivity index (χ2n) is 7.53. The molecule has 29 heavy (non-hydrogen) atoms. The monoisotopic (exact) mass is 399 g/mol. The smallest absolute Gasteiger partial charge is 0.303 e. The van der Waals surface area contributed by atoms with Gasteiger partial charge in [-0.15, -0.1) is 0 Å². The number of unbranched alkanes of at least 4 members (excludes halogenated alkanes) is 2. The third-order valence-electron chi connectivity index (χ3n) is 5.32. The maximum atomic E-state index is 10.7. The highest BCUT2D eigenvalue weighted by Gasteiger charge is 2.34. The predicted molar refractivity (Wildman–Crippen MR) is 108 cm³/mol. The van der Waals surface area contributed by atoms with Gasteiger partial charge in [-0.25, -0.2) is 0 Å². The van der Waals surface area contributed by atoms with E-state index < -0.39 is 5.97 Å². The molecule has 3 rings (SSSR count). The number of ether oxygens (including phenoxy) is 2. The third kappa shape index (κ3) is 6.54. The number of aliphatic carboxylic acids is 1. The van der Waals surface area contributed by atoms with Gasteiger partial charge in [0, 0.05) is 36.7 Å². The van der Waals surface area contributed by atoms with Crippen LogP contribution in [0.3, 0.4) is 0 Å². The van der Waals surface area contributed by atoms with Gasteiger partial charge in [-0.05, 0) is 37.0 Å². The van der Waals surface area contributed by atoms with Gasteiger partial charge in [0.25, 0.3) is 0 Å². The number of aromatic hydroxyl groups is 1. The predicted octanol–water partition coefficient (Wildman–Crippen LogP) is 4.49. The number of rotatable bonds is 10. The van der Waals surface area contributed by atoms with E-state index in [1.54, 1.807) is 18.3 Å². The number of nitrogens with zero attached hydrogens (tertiary/aromatic N) is 1. The summed E-state index contributed by atoms with van der Waals surface area (Å²) in [6.45, 7) is 0.565. The molecule has 0 saturated carbocycles. The van der Waals surface area contributed by atoms with Crippen molar-refractivity contribution in [3.05, 3.63) is 59.9 Å². The fourth-order valence-corrected chi connectivity index (χ4v) is 3.76. The highest BCUT2D eigenvalue weighted by Crippen LogP contribution is 2.39. The highest BCUT2D eigenvalue weighted by atomic mass is 16.7. The molecule has 1 saturated heterocycles. The molecular formula is C23H29NO5. The number of carboxylic acid groups (broad SMARTS) is 1. The van der Waals surface area contributed by atoms with Crippen molar-refractivity contribution >= 4 is 5.97 Å². The van der Waals surface area contributed by atoms with Gasteiger partial charge in [0.1, 0.15) is 5.75 Å². The van der Waals surface area contributed by atoms with E-state index in [-0.39, 0.29) is 30.5 Å². The summed E-state index contributed by atoms with van der Waals surface area (Å²) in [5.74, 6) is -0.387. The van der Waals surface area contributed by atoms with E-state index in [9.17, 15) is 9.90 Å². The van der Waals surface area contributed by atoms with Crippen LogP contribution in [0.2, 0.25) is 0 Å². The summed E-state index contributed by atoms with van der Waals surface area (Å²) in [6, 6.07) is 11.3. The number of pyridine rings is 1. The minimum atomic E-state index is -0.752. The first-order valence-corrected chi connectivity index (χ1v) is 10.3. The highest BCUT2D eigenvalue weighted by molar-refractivity contribution is 5.66. The molecule has 1 fully saturated rings. The van der Waals surface area contributed by atoms with Gasteiger partial charge < -0.3 is 19.7 Å². The van der Waals surface area contributed by atoms with E-state index >= 15 is 0 Å². The Morgan fingerprint density at radius 1 is 1.10 bits per heavy atom. The lowest BCUT2D eigenvalue weighted by Crippen LogP contribution is -2.35. The van der Waals surface area contributed by atoms with Gasteiger partial charge in [-0.3, -0.25) is 9.78 Å². The number of carboxylic acids is 1. The minimum Gasteiger partial charge on any atom is -0.508 e. The molecule has 0 bridgehead atoms. The lowest BCUT2D eigenvalue weighted by Gasteiger charge is -2.37. The number of aromatic nitrogens is 1. The molecular weight excluding hydrogens is 370 g/mol. The molecule has 3 atom stereocenters. The topological polar surface area (TPSA) is 88.9 Å². The first kappa shape index (κ1) is 21.3. The van der Waals surface area contributed by atoms with Crippen LogP contribution in [0.25, 0.3) is 0 Å². The van der Waals surface area contributed by atoms with Crippen molar-refractivity contribution in [2.45, 2.75) is 57.3 Å². The van der Waals surface area contributed by atoms with E-state index in [0.29, 0.717) is 13.0 Å². The Morgan fingerprint density at radius 2 is 1.97 bits per heavy atom. The number of aryl methyl sites for hydroxylation is 1. The number of benzene rings is 1. The molecule has 2 heterocycles. The number of para-hydroxylation sites is 1. The summed E-state index contributed by atoms with van der Waals surface area (Å²) in [6.07, 6.45) is 8.11. The van der Waals surface area contributed by atoms with E-state index in [0.717, 1.165) is 43.2 Å². The average molecular weight is 399 g/mol. The second-order valence-corrected chi connectivity index (χ2v) is 7.53. The fraction of sp³-hybridized carbons (Fsp3) is 0.478. The molecule has 0 amide bonds. The largest absolute Gasteiger partial charge is 0.508 e. The standard InChI is InChI=1S/C23H29NO5/c25-20-10-5-4-9-19(20)23-18(8-2-1-3-11-21(26)27)16-28-22(29-23)13-12-17-7-6-14-24-15-17/h4-7,9-10,14-15,18,22-23,25H,1-3,8,11-13,16H2,(H,26,27). The van der Waals surface area contributed by atoms with Crippen LogP contribution in [0.5, 0.6) is 5.75 Å². The molecule has 1 aliphatic heterocycles. The summed E-state index contributed by atoms with van der Waals surface area (Å²) in [5.41, 5.74) is 1.93. The molecule has 2 N–H and O–H groups in total. The van der Waals surface area contributed by atoms with Crippen molar-refractivity contribution in [2.75, 3.05) is 6.61 Å². The second kappa shape index (κ2) is 10.9. The fourth-order valence-electron chi connectivity index (χ4n) is 3.76. The summed E-state index contributed by atoms with van der Waals surface area (Å²) in [4.78, 5) is 14.8. The zero-order valence-electron chi connectivity index (χ0n) is 16.6. The Bertz CT molecular complexity index is 767. The van der Waals surface area contributed by atoms with E-state index in [2.05, 4.69) is 4.98 Å². The Morgan fingerprint density at radius 3 is 2.72 bits per heavy atom. The molecule has 1 aromatic carbocycles. The molecule has 1 aromatic heterocycles. The third-order valence-corrected chi connectivity index (χ3v) is 5.32. The van der Waals surface area contributed by atoms with Crippen molar-refractivity contribution in [2.24, 2.45) is 5.92 Å². The quantitative estimate of drug-likeness (QED) is 0.573. The Labute approximate surface area is 171 Å². The maximum Gasteiger partial charge on any atom is 0.303 e.